The summed E-state index contributed by atoms with van der Waals surface area (Å²) in [7, 11) is 0. The summed E-state index contributed by atoms with van der Waals surface area (Å²) in [6.07, 6.45) is 25.5. The third-order valence-corrected chi connectivity index (χ3v) is 7.65. The van der Waals surface area contributed by atoms with Crippen LogP contribution in [0.2, 0.25) is 0 Å². The van der Waals surface area contributed by atoms with Crippen molar-refractivity contribution in [1.29, 1.82) is 0 Å². The molecule has 0 radical (unpaired) electrons. The Hall–Kier alpha value is 0. The maximum Gasteiger partial charge on any atom is -0.0326 e. The van der Waals surface area contributed by atoms with Crippen LogP contribution in [0.5, 0.6) is 0 Å². The molecule has 0 aromatic rings. The first kappa shape index (κ1) is 20.3. The van der Waals surface area contributed by atoms with Crippen LogP contribution < -0.4 is 0 Å². The van der Waals surface area contributed by atoms with Crippen LogP contribution in [0.4, 0.5) is 0 Å². The second-order valence-electron chi connectivity index (χ2n) is 9.74. The zero-order valence-corrected chi connectivity index (χ0v) is 17.3. The quantitative estimate of drug-likeness (QED) is 0.351. The Kier molecular flexibility index (Phi) is 9.20. The molecule has 0 aromatic carbocycles. The van der Waals surface area contributed by atoms with Crippen LogP contribution >= 0.6 is 0 Å². The third kappa shape index (κ3) is 6.72. The molecule has 2 saturated carbocycles. The molecule has 0 amide bonds. The summed E-state index contributed by atoms with van der Waals surface area (Å²) in [6.45, 7) is 7.24. The number of hydrogen-bond donors (Lipinski definition) is 0. The molecule has 24 heavy (non-hydrogen) atoms. The average molecular weight is 335 g/mol. The summed E-state index contributed by atoms with van der Waals surface area (Å²) in [5, 5.41) is 0. The molecule has 0 heterocycles. The third-order valence-electron chi connectivity index (χ3n) is 7.65. The van der Waals surface area contributed by atoms with Gasteiger partial charge in [0.1, 0.15) is 0 Å². The molecular weight excluding hydrogens is 288 g/mol. The first-order valence-electron chi connectivity index (χ1n) is 11.7. The van der Waals surface area contributed by atoms with Crippen molar-refractivity contribution in [2.45, 2.75) is 130 Å². The van der Waals surface area contributed by atoms with Gasteiger partial charge in [-0.25, -0.2) is 0 Å². The number of rotatable bonds is 10. The lowest BCUT2D eigenvalue weighted by Crippen LogP contribution is -2.30. The molecular formula is C24H46. The van der Waals surface area contributed by atoms with Crippen molar-refractivity contribution in [2.75, 3.05) is 0 Å². The molecule has 0 aromatic heterocycles. The van der Waals surface area contributed by atoms with Crippen LogP contribution in [-0.4, -0.2) is 0 Å². The topological polar surface area (TPSA) is 0 Å². The van der Waals surface area contributed by atoms with Crippen molar-refractivity contribution < 1.29 is 0 Å². The van der Waals surface area contributed by atoms with Crippen molar-refractivity contribution in [3.05, 3.63) is 0 Å². The Morgan fingerprint density at radius 3 is 1.88 bits per heavy atom. The molecule has 0 saturated heterocycles. The summed E-state index contributed by atoms with van der Waals surface area (Å²) in [5.74, 6) is 3.27. The zero-order valence-electron chi connectivity index (χ0n) is 17.3. The fourth-order valence-corrected chi connectivity index (χ4v) is 5.65. The standard InChI is InChI=1S/C24H46/c1-4-6-8-9-10-11-21-12-14-22(15-13-21)23-16-19-24(3,20-17-23)18-7-5-2/h21-23H,4-20H2,1-3H3. The van der Waals surface area contributed by atoms with E-state index in [0.29, 0.717) is 5.41 Å². The Labute approximate surface area is 153 Å². The molecule has 0 spiro atoms. The maximum atomic E-state index is 2.58. The Morgan fingerprint density at radius 2 is 1.25 bits per heavy atom. The lowest BCUT2D eigenvalue weighted by Gasteiger charge is -2.42. The second kappa shape index (κ2) is 10.9. The highest BCUT2D eigenvalue weighted by molar-refractivity contribution is 4.86. The average Bonchev–Trinajstić information content (AvgIpc) is 2.61. The van der Waals surface area contributed by atoms with Crippen LogP contribution in [0, 0.1) is 23.2 Å². The minimum atomic E-state index is 0.697. The summed E-state index contributed by atoms with van der Waals surface area (Å²) in [6, 6.07) is 0. The maximum absolute atomic E-state index is 2.58. The number of hydrogen-bond acceptors (Lipinski definition) is 0. The van der Waals surface area contributed by atoms with Crippen molar-refractivity contribution in [3.63, 3.8) is 0 Å². The van der Waals surface area contributed by atoms with Gasteiger partial charge < -0.3 is 0 Å². The van der Waals surface area contributed by atoms with Gasteiger partial charge in [0.2, 0.25) is 0 Å². The van der Waals surface area contributed by atoms with Crippen LogP contribution in [0.15, 0.2) is 0 Å². The highest BCUT2D eigenvalue weighted by Gasteiger charge is 2.35. The Balaban J connectivity index is 1.59. The first-order valence-corrected chi connectivity index (χ1v) is 11.7. The van der Waals surface area contributed by atoms with Gasteiger partial charge in [-0.3, -0.25) is 0 Å². The smallest absolute Gasteiger partial charge is 0.0326 e. The summed E-state index contributed by atoms with van der Waals surface area (Å²) in [4.78, 5) is 0. The van der Waals surface area contributed by atoms with Gasteiger partial charge >= 0.3 is 0 Å². The molecule has 2 aliphatic rings. The molecule has 0 unspecified atom stereocenters. The van der Waals surface area contributed by atoms with E-state index >= 15 is 0 Å². The normalized spacial score (nSPS) is 34.4. The van der Waals surface area contributed by atoms with E-state index in [9.17, 15) is 0 Å². The van der Waals surface area contributed by atoms with Gasteiger partial charge in [0.25, 0.3) is 0 Å². The van der Waals surface area contributed by atoms with E-state index < -0.39 is 0 Å². The van der Waals surface area contributed by atoms with E-state index in [1.807, 2.05) is 0 Å². The molecule has 0 atom stereocenters. The van der Waals surface area contributed by atoms with Crippen molar-refractivity contribution in [1.82, 2.24) is 0 Å². The predicted molar refractivity (Wildman–Crippen MR) is 108 cm³/mol. The SMILES string of the molecule is CCCCCCCC1CCC(C2CCC(C)(CCCC)CC2)CC1. The molecule has 0 aliphatic heterocycles. The minimum Gasteiger partial charge on any atom is -0.0654 e. The first-order chi connectivity index (χ1) is 11.7. The van der Waals surface area contributed by atoms with E-state index in [1.165, 1.54) is 70.6 Å². The lowest BCUT2D eigenvalue weighted by atomic mass is 9.63. The zero-order chi connectivity index (χ0) is 17.3. The van der Waals surface area contributed by atoms with Gasteiger partial charge in [-0.15, -0.1) is 0 Å². The largest absolute Gasteiger partial charge is 0.0654 e. The Bertz CT molecular complexity index is 302. The van der Waals surface area contributed by atoms with Gasteiger partial charge in [0.15, 0.2) is 0 Å². The summed E-state index contributed by atoms with van der Waals surface area (Å²) < 4.78 is 0. The molecule has 2 rings (SSSR count). The highest BCUT2D eigenvalue weighted by Crippen LogP contribution is 2.47. The van der Waals surface area contributed by atoms with E-state index in [0.717, 1.165) is 17.8 Å². The fourth-order valence-electron chi connectivity index (χ4n) is 5.65. The molecule has 2 fully saturated rings. The second-order valence-corrected chi connectivity index (χ2v) is 9.74. The molecule has 142 valence electrons. The molecule has 2 aliphatic carbocycles. The van der Waals surface area contributed by atoms with Crippen LogP contribution in [0.3, 0.4) is 0 Å². The molecule has 0 heteroatoms. The number of unbranched alkanes of at least 4 members (excludes halogenated alkanes) is 5. The van der Waals surface area contributed by atoms with Gasteiger partial charge in [0.05, 0.1) is 0 Å². The van der Waals surface area contributed by atoms with Crippen LogP contribution in [0.25, 0.3) is 0 Å². The Morgan fingerprint density at radius 1 is 0.667 bits per heavy atom. The molecule has 0 nitrogen and oxygen atoms in total. The van der Waals surface area contributed by atoms with Gasteiger partial charge in [-0.1, -0.05) is 85.0 Å². The van der Waals surface area contributed by atoms with E-state index in [-0.39, 0.29) is 0 Å². The fraction of sp³-hybridized carbons (Fsp3) is 1.00. The van der Waals surface area contributed by atoms with E-state index in [1.54, 1.807) is 38.5 Å². The van der Waals surface area contributed by atoms with Crippen LogP contribution in [-0.2, 0) is 0 Å². The van der Waals surface area contributed by atoms with Crippen molar-refractivity contribution >= 4 is 0 Å². The molecule has 0 bridgehead atoms. The highest BCUT2D eigenvalue weighted by atomic mass is 14.4. The monoisotopic (exact) mass is 334 g/mol. The van der Waals surface area contributed by atoms with Crippen molar-refractivity contribution in [3.8, 4) is 0 Å². The van der Waals surface area contributed by atoms with E-state index in [4.69, 9.17) is 0 Å². The van der Waals surface area contributed by atoms with Crippen LogP contribution in [0.1, 0.15) is 130 Å². The summed E-state index contributed by atoms with van der Waals surface area (Å²) >= 11 is 0. The predicted octanol–water partition coefficient (Wildman–Crippen LogP) is 8.54. The van der Waals surface area contributed by atoms with Gasteiger partial charge in [-0.05, 0) is 68.1 Å². The van der Waals surface area contributed by atoms with Crippen molar-refractivity contribution in [2.24, 2.45) is 23.2 Å². The van der Waals surface area contributed by atoms with E-state index in [2.05, 4.69) is 20.8 Å². The summed E-state index contributed by atoms with van der Waals surface area (Å²) in [5.41, 5.74) is 0.697. The molecule has 0 N–H and O–H groups in total. The van der Waals surface area contributed by atoms with Gasteiger partial charge in [-0.2, -0.15) is 0 Å². The van der Waals surface area contributed by atoms with Gasteiger partial charge in [0, 0.05) is 0 Å². The minimum absolute atomic E-state index is 0.697. The lowest BCUT2D eigenvalue weighted by molar-refractivity contribution is 0.0952.